The summed E-state index contributed by atoms with van der Waals surface area (Å²) in [6.45, 7) is 4.61. The number of pyridine rings is 2. The van der Waals surface area contributed by atoms with Crippen LogP contribution >= 0.6 is 0 Å². The molecule has 33 heavy (non-hydrogen) atoms. The molecule has 3 N–H and O–H groups in total. The van der Waals surface area contributed by atoms with Gasteiger partial charge in [0.1, 0.15) is 11.5 Å². The molecule has 0 fully saturated rings. The van der Waals surface area contributed by atoms with Gasteiger partial charge in [-0.25, -0.2) is 9.98 Å². The molecule has 0 bridgehead atoms. The lowest BCUT2D eigenvalue weighted by atomic mass is 10.2. The van der Waals surface area contributed by atoms with Crippen LogP contribution in [0.5, 0.6) is 0 Å². The predicted molar refractivity (Wildman–Crippen MR) is 116 cm³/mol. The summed E-state index contributed by atoms with van der Waals surface area (Å²) in [4.78, 5) is 31.8. The molecule has 12 heteroatoms. The molecule has 9 nitrogen and oxygen atoms in total. The Morgan fingerprint density at radius 3 is 2.61 bits per heavy atom. The van der Waals surface area contributed by atoms with Gasteiger partial charge in [-0.1, -0.05) is 0 Å². The molecule has 0 atom stereocenters. The van der Waals surface area contributed by atoms with E-state index in [0.29, 0.717) is 19.3 Å². The number of halogens is 3. The summed E-state index contributed by atoms with van der Waals surface area (Å²) in [5, 5.41) is 2.51. The quantitative estimate of drug-likeness (QED) is 0.315. The maximum atomic E-state index is 13.2. The van der Waals surface area contributed by atoms with Crippen LogP contribution in [0.25, 0.3) is 0 Å². The first kappa shape index (κ1) is 25.6. The summed E-state index contributed by atoms with van der Waals surface area (Å²) in [5.74, 6) is -0.885. The molecular formula is C21H24F3N5O4. The third-order valence-corrected chi connectivity index (χ3v) is 4.05. The van der Waals surface area contributed by atoms with Crippen LogP contribution in [0, 0.1) is 0 Å². The number of hydrogen-bond acceptors (Lipinski definition) is 7. The number of nitrogens with one attached hydrogen (secondary N) is 1. The normalized spacial score (nSPS) is 12.5. The lowest BCUT2D eigenvalue weighted by molar-refractivity contribution is -0.0578. The third-order valence-electron chi connectivity index (χ3n) is 4.05. The molecule has 0 spiro atoms. The minimum absolute atomic E-state index is 0.0870. The van der Waals surface area contributed by atoms with E-state index < -0.39 is 23.7 Å². The minimum Gasteiger partial charge on any atom is -0.480 e. The number of nitrogens with two attached hydrogens (primary N) is 1. The van der Waals surface area contributed by atoms with Gasteiger partial charge in [-0.3, -0.25) is 9.59 Å². The largest absolute Gasteiger partial charge is 0.480 e. The number of nitrogens with zero attached hydrogens (tertiary/aromatic N) is 3. The van der Waals surface area contributed by atoms with E-state index >= 15 is 0 Å². The molecule has 0 unspecified atom stereocenters. The van der Waals surface area contributed by atoms with Crippen LogP contribution in [0.15, 0.2) is 58.4 Å². The Bertz CT molecular complexity index is 1060. The molecule has 0 radical (unpaired) electrons. The SMILES string of the molecule is CCOCCn1cc(C(=O)Nc2ccc(N=C(C=C(N)OCC)C(F)(F)F)cn2)ccc1=O. The number of anilines is 1. The topological polar surface area (TPSA) is 121 Å². The van der Waals surface area contributed by atoms with E-state index in [9.17, 15) is 22.8 Å². The zero-order valence-electron chi connectivity index (χ0n) is 18.1. The molecule has 0 saturated carbocycles. The van der Waals surface area contributed by atoms with Crippen molar-refractivity contribution >= 4 is 23.1 Å². The summed E-state index contributed by atoms with van der Waals surface area (Å²) in [7, 11) is 0. The molecule has 2 aromatic heterocycles. The molecule has 2 aromatic rings. The fourth-order valence-electron chi connectivity index (χ4n) is 2.52. The molecule has 2 rings (SSSR count). The van der Waals surface area contributed by atoms with E-state index in [1.807, 2.05) is 6.92 Å². The summed E-state index contributed by atoms with van der Waals surface area (Å²) >= 11 is 0. The average molecular weight is 467 g/mol. The Morgan fingerprint density at radius 2 is 2.00 bits per heavy atom. The van der Waals surface area contributed by atoms with Crippen molar-refractivity contribution in [3.05, 3.63) is 64.5 Å². The van der Waals surface area contributed by atoms with Gasteiger partial charge in [0.15, 0.2) is 5.88 Å². The highest BCUT2D eigenvalue weighted by Gasteiger charge is 2.34. The number of aliphatic imine (C=N–C) groups is 1. The first-order chi connectivity index (χ1) is 15.6. The lowest BCUT2D eigenvalue weighted by Crippen LogP contribution is -2.24. The van der Waals surface area contributed by atoms with Crippen LogP contribution in [0.3, 0.4) is 0 Å². The van der Waals surface area contributed by atoms with Gasteiger partial charge in [-0.2, -0.15) is 13.2 Å². The molecule has 0 saturated heterocycles. The summed E-state index contributed by atoms with van der Waals surface area (Å²) in [6, 6.07) is 5.16. The van der Waals surface area contributed by atoms with Crippen LogP contribution < -0.4 is 16.6 Å². The van der Waals surface area contributed by atoms with E-state index in [4.69, 9.17) is 15.2 Å². The maximum absolute atomic E-state index is 13.2. The average Bonchev–Trinajstić information content (AvgIpc) is 2.75. The molecule has 1 amide bonds. The molecular weight excluding hydrogens is 443 g/mol. The smallest absolute Gasteiger partial charge is 0.433 e. The molecule has 2 heterocycles. The second kappa shape index (κ2) is 11.8. The highest BCUT2D eigenvalue weighted by atomic mass is 19.4. The van der Waals surface area contributed by atoms with E-state index in [1.165, 1.54) is 35.0 Å². The van der Waals surface area contributed by atoms with Crippen molar-refractivity contribution in [2.75, 3.05) is 25.1 Å². The standard InChI is InChI=1S/C21H24F3N5O4/c1-3-32-10-9-29-13-14(5-8-19(29)30)20(31)28-18-7-6-15(12-26-18)27-16(21(22,23)24)11-17(25)33-4-2/h5-8,11-13H,3-4,9-10,25H2,1-2H3,(H,26,28,31). The van der Waals surface area contributed by atoms with Gasteiger partial charge in [0.2, 0.25) is 0 Å². The fraction of sp³-hybridized carbons (Fsp3) is 0.333. The van der Waals surface area contributed by atoms with Gasteiger partial charge in [-0.05, 0) is 32.0 Å². The number of carbonyl (C=O) groups is 1. The number of amides is 1. The van der Waals surface area contributed by atoms with Crippen molar-refractivity contribution in [3.8, 4) is 0 Å². The van der Waals surface area contributed by atoms with Crippen LogP contribution in [-0.2, 0) is 16.0 Å². The van der Waals surface area contributed by atoms with Crippen molar-refractivity contribution in [2.24, 2.45) is 10.7 Å². The first-order valence-corrected chi connectivity index (χ1v) is 9.95. The molecule has 0 aliphatic carbocycles. The van der Waals surface area contributed by atoms with Crippen molar-refractivity contribution in [3.63, 3.8) is 0 Å². The van der Waals surface area contributed by atoms with Crippen LogP contribution in [-0.4, -0.2) is 47.2 Å². The van der Waals surface area contributed by atoms with E-state index in [1.54, 1.807) is 6.92 Å². The van der Waals surface area contributed by atoms with Gasteiger partial charge in [-0.15, -0.1) is 0 Å². The molecule has 0 aliphatic rings. The third kappa shape index (κ3) is 8.07. The predicted octanol–water partition coefficient (Wildman–Crippen LogP) is 3.00. The first-order valence-electron chi connectivity index (χ1n) is 9.95. The molecule has 178 valence electrons. The Balaban J connectivity index is 2.16. The number of alkyl halides is 3. The van der Waals surface area contributed by atoms with Crippen molar-refractivity contribution < 1.29 is 27.4 Å². The minimum atomic E-state index is -4.76. The van der Waals surface area contributed by atoms with Gasteiger partial charge in [0.05, 0.1) is 30.7 Å². The Hall–Kier alpha value is -3.67. The van der Waals surface area contributed by atoms with Crippen LogP contribution in [0.4, 0.5) is 24.7 Å². The summed E-state index contributed by atoms with van der Waals surface area (Å²) < 4.78 is 51.0. The summed E-state index contributed by atoms with van der Waals surface area (Å²) in [5.41, 5.74) is 3.94. The van der Waals surface area contributed by atoms with Gasteiger partial charge < -0.3 is 25.1 Å². The zero-order chi connectivity index (χ0) is 24.4. The van der Waals surface area contributed by atoms with Gasteiger partial charge >= 0.3 is 6.18 Å². The van der Waals surface area contributed by atoms with Crippen LogP contribution in [0.1, 0.15) is 24.2 Å². The van der Waals surface area contributed by atoms with Crippen molar-refractivity contribution in [1.29, 1.82) is 0 Å². The number of hydrogen-bond donors (Lipinski definition) is 2. The second-order valence-corrected chi connectivity index (χ2v) is 6.48. The fourth-order valence-corrected chi connectivity index (χ4v) is 2.52. The second-order valence-electron chi connectivity index (χ2n) is 6.48. The number of ether oxygens (including phenoxy) is 2. The lowest BCUT2D eigenvalue weighted by Gasteiger charge is -2.10. The van der Waals surface area contributed by atoms with Crippen LogP contribution in [0.2, 0.25) is 0 Å². The van der Waals surface area contributed by atoms with Gasteiger partial charge in [0, 0.05) is 31.5 Å². The molecule has 0 aliphatic heterocycles. The number of rotatable bonds is 10. The summed E-state index contributed by atoms with van der Waals surface area (Å²) in [6.07, 6.45) is -1.73. The molecule has 0 aromatic carbocycles. The Labute approximate surface area is 187 Å². The number of carbonyl (C=O) groups excluding carboxylic acids is 1. The number of aromatic nitrogens is 2. The monoisotopic (exact) mass is 467 g/mol. The van der Waals surface area contributed by atoms with E-state index in [0.717, 1.165) is 6.20 Å². The Morgan fingerprint density at radius 1 is 1.24 bits per heavy atom. The Kier molecular flexibility index (Phi) is 9.16. The van der Waals surface area contributed by atoms with E-state index in [-0.39, 0.29) is 35.8 Å². The van der Waals surface area contributed by atoms with E-state index in [2.05, 4.69) is 15.3 Å². The zero-order valence-corrected chi connectivity index (χ0v) is 18.1. The van der Waals surface area contributed by atoms with Crippen molar-refractivity contribution in [1.82, 2.24) is 9.55 Å². The highest BCUT2D eigenvalue weighted by Crippen LogP contribution is 2.23. The van der Waals surface area contributed by atoms with Gasteiger partial charge in [0.25, 0.3) is 11.5 Å². The highest BCUT2D eigenvalue weighted by molar-refractivity contribution is 6.03. The maximum Gasteiger partial charge on any atom is 0.433 e. The van der Waals surface area contributed by atoms with Crippen molar-refractivity contribution in [2.45, 2.75) is 26.6 Å². The number of allylic oxidation sites excluding steroid dienone is 1.